The topological polar surface area (TPSA) is 79.9 Å². The molecular weight excluding hydrogens is 304 g/mol. The lowest BCUT2D eigenvalue weighted by Crippen LogP contribution is -2.33. The Bertz CT molecular complexity index is 729. The van der Waals surface area contributed by atoms with Crippen molar-refractivity contribution >= 4 is 0 Å². The Hall–Kier alpha value is -2.46. The van der Waals surface area contributed by atoms with Crippen molar-refractivity contribution in [1.82, 2.24) is 25.1 Å². The molecule has 0 N–H and O–H groups in total. The van der Waals surface area contributed by atoms with Gasteiger partial charge in [0.1, 0.15) is 11.8 Å². The van der Waals surface area contributed by atoms with Crippen molar-refractivity contribution in [2.45, 2.75) is 44.7 Å². The van der Waals surface area contributed by atoms with Crippen LogP contribution in [0.1, 0.15) is 43.5 Å². The largest absolute Gasteiger partial charge is 0.495 e. The van der Waals surface area contributed by atoms with Crippen molar-refractivity contribution in [3.05, 3.63) is 29.6 Å². The van der Waals surface area contributed by atoms with E-state index in [-0.39, 0.29) is 0 Å². The molecule has 0 amide bonds. The monoisotopic (exact) mass is 326 g/mol. The van der Waals surface area contributed by atoms with Gasteiger partial charge in [-0.25, -0.2) is 0 Å². The van der Waals surface area contributed by atoms with Gasteiger partial charge in [0.05, 0.1) is 24.9 Å². The maximum Gasteiger partial charge on any atom is 0.170 e. The first-order chi connectivity index (χ1) is 11.7. The van der Waals surface area contributed by atoms with Crippen LogP contribution in [0.25, 0.3) is 5.69 Å². The summed E-state index contributed by atoms with van der Waals surface area (Å²) in [7, 11) is 3.68. The van der Waals surface area contributed by atoms with Crippen molar-refractivity contribution < 1.29 is 4.74 Å². The normalized spacial score (nSPS) is 15.4. The Kier molecular flexibility index (Phi) is 5.06. The van der Waals surface area contributed by atoms with Crippen LogP contribution in [0.3, 0.4) is 0 Å². The van der Waals surface area contributed by atoms with Crippen LogP contribution >= 0.6 is 0 Å². The van der Waals surface area contributed by atoms with Crippen LogP contribution in [-0.4, -0.2) is 45.3 Å². The molecule has 1 heterocycles. The van der Waals surface area contributed by atoms with E-state index < -0.39 is 0 Å². The first-order valence-corrected chi connectivity index (χ1v) is 8.29. The molecule has 0 unspecified atom stereocenters. The fraction of sp³-hybridized carbons (Fsp3) is 0.529. The van der Waals surface area contributed by atoms with Crippen LogP contribution in [0.2, 0.25) is 0 Å². The summed E-state index contributed by atoms with van der Waals surface area (Å²) >= 11 is 0. The third-order valence-electron chi connectivity index (χ3n) is 4.67. The minimum atomic E-state index is 0.470. The highest BCUT2D eigenvalue weighted by Crippen LogP contribution is 2.24. The summed E-state index contributed by atoms with van der Waals surface area (Å²) in [6, 6.07) is 8.11. The number of methoxy groups -OCH3 is 1. The molecule has 24 heavy (non-hydrogen) atoms. The number of rotatable bonds is 5. The third kappa shape index (κ3) is 3.39. The van der Waals surface area contributed by atoms with Gasteiger partial charge in [-0.2, -0.15) is 9.94 Å². The van der Waals surface area contributed by atoms with Gasteiger partial charge < -0.3 is 4.74 Å². The van der Waals surface area contributed by atoms with Crippen molar-refractivity contribution in [1.29, 1.82) is 5.26 Å². The van der Waals surface area contributed by atoms with Gasteiger partial charge in [-0.3, -0.25) is 4.90 Å². The van der Waals surface area contributed by atoms with E-state index >= 15 is 0 Å². The number of nitrogens with zero attached hydrogens (tertiary/aromatic N) is 6. The van der Waals surface area contributed by atoms with Crippen LogP contribution in [0, 0.1) is 11.3 Å². The van der Waals surface area contributed by atoms with Crippen LogP contribution in [0.5, 0.6) is 5.75 Å². The zero-order valence-corrected chi connectivity index (χ0v) is 14.1. The van der Waals surface area contributed by atoms with Gasteiger partial charge >= 0.3 is 0 Å². The SMILES string of the molecule is COc1ccc(-n2nnnc2CN(C)C2CCCCC2)cc1C#N. The second-order valence-corrected chi connectivity index (χ2v) is 6.21. The Labute approximate surface area is 141 Å². The molecule has 7 nitrogen and oxygen atoms in total. The number of tetrazole rings is 1. The lowest BCUT2D eigenvalue weighted by atomic mass is 9.94. The number of hydrogen-bond acceptors (Lipinski definition) is 6. The number of aromatic nitrogens is 4. The molecule has 0 saturated heterocycles. The standard InChI is InChI=1S/C17H22N6O/c1-22(14-6-4-3-5-7-14)12-17-19-20-21-23(17)15-8-9-16(24-2)13(10-15)11-18/h8-10,14H,3-7,12H2,1-2H3. The highest BCUT2D eigenvalue weighted by atomic mass is 16.5. The molecule has 1 aliphatic carbocycles. The second kappa shape index (κ2) is 7.41. The molecule has 0 bridgehead atoms. The second-order valence-electron chi connectivity index (χ2n) is 6.21. The number of hydrogen-bond donors (Lipinski definition) is 0. The Balaban J connectivity index is 1.81. The molecule has 1 saturated carbocycles. The molecule has 0 spiro atoms. The zero-order chi connectivity index (χ0) is 16.9. The third-order valence-corrected chi connectivity index (χ3v) is 4.67. The molecule has 2 aromatic rings. The minimum absolute atomic E-state index is 0.470. The Morgan fingerprint density at radius 1 is 1.33 bits per heavy atom. The average Bonchev–Trinajstić information content (AvgIpc) is 3.09. The van der Waals surface area contributed by atoms with E-state index in [1.165, 1.54) is 32.1 Å². The first kappa shape index (κ1) is 16.4. The molecule has 1 fully saturated rings. The molecule has 1 aromatic carbocycles. The molecule has 1 aromatic heterocycles. The van der Waals surface area contributed by atoms with Gasteiger partial charge in [0.25, 0.3) is 0 Å². The fourth-order valence-corrected chi connectivity index (χ4v) is 3.29. The first-order valence-electron chi connectivity index (χ1n) is 8.29. The van der Waals surface area contributed by atoms with E-state index in [9.17, 15) is 5.26 Å². The van der Waals surface area contributed by atoms with E-state index in [0.29, 0.717) is 23.9 Å². The summed E-state index contributed by atoms with van der Waals surface area (Å²) in [5.41, 5.74) is 1.24. The lowest BCUT2D eigenvalue weighted by molar-refractivity contribution is 0.179. The van der Waals surface area contributed by atoms with E-state index in [1.807, 2.05) is 6.07 Å². The van der Waals surface area contributed by atoms with E-state index in [4.69, 9.17) is 4.74 Å². The highest BCUT2D eigenvalue weighted by molar-refractivity contribution is 5.50. The molecule has 0 radical (unpaired) electrons. The molecule has 7 heteroatoms. The number of ether oxygens (including phenoxy) is 1. The molecule has 0 aliphatic heterocycles. The minimum Gasteiger partial charge on any atom is -0.495 e. The highest BCUT2D eigenvalue weighted by Gasteiger charge is 2.20. The number of nitriles is 1. The van der Waals surface area contributed by atoms with Crippen molar-refractivity contribution in [3.8, 4) is 17.5 Å². The maximum atomic E-state index is 9.26. The van der Waals surface area contributed by atoms with E-state index in [0.717, 1.165) is 11.5 Å². The van der Waals surface area contributed by atoms with Gasteiger partial charge in [-0.1, -0.05) is 19.3 Å². The molecular formula is C17H22N6O. The zero-order valence-electron chi connectivity index (χ0n) is 14.1. The summed E-state index contributed by atoms with van der Waals surface area (Å²) in [5.74, 6) is 1.33. The van der Waals surface area contributed by atoms with E-state index in [2.05, 4.69) is 33.5 Å². The molecule has 1 aliphatic rings. The van der Waals surface area contributed by atoms with Crippen molar-refractivity contribution in [2.75, 3.05) is 14.2 Å². The maximum absolute atomic E-state index is 9.26. The predicted octanol–water partition coefficient (Wildman–Crippen LogP) is 2.31. The van der Waals surface area contributed by atoms with Crippen LogP contribution < -0.4 is 4.74 Å². The lowest BCUT2D eigenvalue weighted by Gasteiger charge is -2.30. The fourth-order valence-electron chi connectivity index (χ4n) is 3.29. The molecule has 126 valence electrons. The van der Waals surface area contributed by atoms with Gasteiger partial charge in [0.2, 0.25) is 0 Å². The number of benzene rings is 1. The molecule has 3 rings (SSSR count). The van der Waals surface area contributed by atoms with Crippen molar-refractivity contribution in [3.63, 3.8) is 0 Å². The summed E-state index contributed by atoms with van der Waals surface area (Å²) in [4.78, 5) is 2.33. The van der Waals surface area contributed by atoms with Gasteiger partial charge in [0.15, 0.2) is 5.82 Å². The average molecular weight is 326 g/mol. The summed E-state index contributed by atoms with van der Waals surface area (Å²) in [6.07, 6.45) is 6.40. The summed E-state index contributed by atoms with van der Waals surface area (Å²) in [5, 5.41) is 21.3. The van der Waals surface area contributed by atoms with Gasteiger partial charge in [-0.15, -0.1) is 5.10 Å². The quantitative estimate of drug-likeness (QED) is 0.839. The smallest absolute Gasteiger partial charge is 0.170 e. The van der Waals surface area contributed by atoms with Crippen LogP contribution in [0.4, 0.5) is 0 Å². The predicted molar refractivity (Wildman–Crippen MR) is 88.8 cm³/mol. The summed E-state index contributed by atoms with van der Waals surface area (Å²) in [6.45, 7) is 0.686. The Morgan fingerprint density at radius 2 is 2.12 bits per heavy atom. The van der Waals surface area contributed by atoms with Crippen LogP contribution in [0.15, 0.2) is 18.2 Å². The summed E-state index contributed by atoms with van der Waals surface area (Å²) < 4.78 is 6.89. The molecule has 0 atom stereocenters. The van der Waals surface area contributed by atoms with Crippen LogP contribution in [-0.2, 0) is 6.54 Å². The van der Waals surface area contributed by atoms with Crippen molar-refractivity contribution in [2.24, 2.45) is 0 Å². The van der Waals surface area contributed by atoms with Gasteiger partial charge in [0, 0.05) is 6.04 Å². The Morgan fingerprint density at radius 3 is 2.83 bits per heavy atom. The van der Waals surface area contributed by atoms with Gasteiger partial charge in [-0.05, 0) is 48.5 Å². The van der Waals surface area contributed by atoms with E-state index in [1.54, 1.807) is 23.9 Å².